The highest BCUT2D eigenvalue weighted by atomic mass is 79.9. The maximum atomic E-state index is 13.9. The quantitative estimate of drug-likeness (QED) is 0.872. The molecule has 1 unspecified atom stereocenters. The van der Waals surface area contributed by atoms with Gasteiger partial charge in [0.25, 0.3) is 0 Å². The summed E-state index contributed by atoms with van der Waals surface area (Å²) < 4.78 is 33.8. The van der Waals surface area contributed by atoms with E-state index in [9.17, 15) is 8.78 Å². The van der Waals surface area contributed by atoms with E-state index in [4.69, 9.17) is 10.5 Å². The predicted molar refractivity (Wildman–Crippen MR) is 82.2 cm³/mol. The topological polar surface area (TPSA) is 35.2 Å². The van der Waals surface area contributed by atoms with Crippen LogP contribution in [0.3, 0.4) is 0 Å². The minimum atomic E-state index is -0.467. The van der Waals surface area contributed by atoms with Gasteiger partial charge in [0.2, 0.25) is 0 Å². The lowest BCUT2D eigenvalue weighted by atomic mass is 10.1. The Morgan fingerprint density at radius 2 is 1.90 bits per heavy atom. The van der Waals surface area contributed by atoms with Gasteiger partial charge in [-0.1, -0.05) is 34.1 Å². The number of rotatable bonds is 5. The maximum absolute atomic E-state index is 13.9. The van der Waals surface area contributed by atoms with Crippen molar-refractivity contribution in [3.8, 4) is 5.75 Å². The minimum absolute atomic E-state index is 0.0357. The van der Waals surface area contributed by atoms with Crippen molar-refractivity contribution in [3.63, 3.8) is 0 Å². The van der Waals surface area contributed by atoms with Crippen LogP contribution in [0.15, 0.2) is 40.9 Å². The van der Waals surface area contributed by atoms with E-state index in [1.165, 1.54) is 12.1 Å². The SMILES string of the molecule is CC(N)Cc1cccc(F)c1OCc1ccc(Br)cc1F. The van der Waals surface area contributed by atoms with Gasteiger partial charge in [0, 0.05) is 16.1 Å². The summed E-state index contributed by atoms with van der Waals surface area (Å²) in [5, 5.41) is 0. The Bertz CT molecular complexity index is 632. The Labute approximate surface area is 131 Å². The summed E-state index contributed by atoms with van der Waals surface area (Å²) in [7, 11) is 0. The van der Waals surface area contributed by atoms with Crippen molar-refractivity contribution in [2.24, 2.45) is 5.73 Å². The zero-order chi connectivity index (χ0) is 15.4. The lowest BCUT2D eigenvalue weighted by Gasteiger charge is -2.14. The molecule has 0 bridgehead atoms. The van der Waals surface area contributed by atoms with E-state index >= 15 is 0 Å². The monoisotopic (exact) mass is 355 g/mol. The van der Waals surface area contributed by atoms with Crippen molar-refractivity contribution in [1.29, 1.82) is 0 Å². The van der Waals surface area contributed by atoms with E-state index in [0.29, 0.717) is 22.0 Å². The third-order valence-electron chi connectivity index (χ3n) is 2.98. The molecule has 0 aliphatic carbocycles. The van der Waals surface area contributed by atoms with Gasteiger partial charge in [0.15, 0.2) is 11.6 Å². The van der Waals surface area contributed by atoms with Gasteiger partial charge in [0.05, 0.1) is 0 Å². The molecule has 5 heteroatoms. The van der Waals surface area contributed by atoms with Crippen LogP contribution in [0.25, 0.3) is 0 Å². The lowest BCUT2D eigenvalue weighted by Crippen LogP contribution is -2.18. The van der Waals surface area contributed by atoms with Crippen LogP contribution in [0.5, 0.6) is 5.75 Å². The van der Waals surface area contributed by atoms with Crippen LogP contribution in [0, 0.1) is 11.6 Å². The predicted octanol–water partition coefficient (Wildman–Crippen LogP) is 4.20. The molecule has 0 aromatic heterocycles. The Balaban J connectivity index is 2.19. The molecule has 112 valence electrons. The average Bonchev–Trinajstić information content (AvgIpc) is 2.39. The van der Waals surface area contributed by atoms with E-state index in [2.05, 4.69) is 15.9 Å². The van der Waals surface area contributed by atoms with Gasteiger partial charge in [-0.15, -0.1) is 0 Å². The van der Waals surface area contributed by atoms with Crippen LogP contribution in [-0.4, -0.2) is 6.04 Å². The largest absolute Gasteiger partial charge is 0.485 e. The molecule has 0 aliphatic rings. The van der Waals surface area contributed by atoms with Gasteiger partial charge in [-0.25, -0.2) is 8.78 Å². The molecule has 0 heterocycles. The van der Waals surface area contributed by atoms with Crippen molar-refractivity contribution in [2.45, 2.75) is 26.0 Å². The van der Waals surface area contributed by atoms with Crippen molar-refractivity contribution in [2.75, 3.05) is 0 Å². The van der Waals surface area contributed by atoms with E-state index in [-0.39, 0.29) is 18.4 Å². The Morgan fingerprint density at radius 1 is 1.14 bits per heavy atom. The first kappa shape index (κ1) is 15.9. The van der Waals surface area contributed by atoms with Gasteiger partial charge in [-0.3, -0.25) is 0 Å². The molecule has 2 nitrogen and oxygen atoms in total. The highest BCUT2D eigenvalue weighted by Crippen LogP contribution is 2.25. The molecular weight excluding hydrogens is 340 g/mol. The second-order valence-corrected chi connectivity index (χ2v) is 5.85. The summed E-state index contributed by atoms with van der Waals surface area (Å²) in [6.45, 7) is 1.80. The van der Waals surface area contributed by atoms with Crippen molar-refractivity contribution < 1.29 is 13.5 Å². The fraction of sp³-hybridized carbons (Fsp3) is 0.250. The number of hydrogen-bond acceptors (Lipinski definition) is 2. The summed E-state index contributed by atoms with van der Waals surface area (Å²) in [5.74, 6) is -0.725. The van der Waals surface area contributed by atoms with Crippen molar-refractivity contribution in [1.82, 2.24) is 0 Å². The van der Waals surface area contributed by atoms with Gasteiger partial charge < -0.3 is 10.5 Å². The Kier molecular flexibility index (Phi) is 5.31. The lowest BCUT2D eigenvalue weighted by molar-refractivity contribution is 0.281. The molecule has 0 fully saturated rings. The molecule has 2 aromatic rings. The number of ether oxygens (including phenoxy) is 1. The second-order valence-electron chi connectivity index (χ2n) is 4.93. The first-order chi connectivity index (χ1) is 9.97. The highest BCUT2D eigenvalue weighted by Gasteiger charge is 2.12. The van der Waals surface area contributed by atoms with E-state index in [1.54, 1.807) is 24.3 Å². The molecule has 0 saturated carbocycles. The smallest absolute Gasteiger partial charge is 0.165 e. The molecule has 2 aromatic carbocycles. The third kappa shape index (κ3) is 4.25. The fourth-order valence-electron chi connectivity index (χ4n) is 2.01. The van der Waals surface area contributed by atoms with Crippen molar-refractivity contribution in [3.05, 3.63) is 63.6 Å². The van der Waals surface area contributed by atoms with Crippen LogP contribution < -0.4 is 10.5 Å². The number of nitrogens with two attached hydrogens (primary N) is 1. The van der Waals surface area contributed by atoms with Gasteiger partial charge >= 0.3 is 0 Å². The number of halogens is 3. The Hall–Kier alpha value is -1.46. The summed E-state index contributed by atoms with van der Waals surface area (Å²) in [4.78, 5) is 0. The van der Waals surface area contributed by atoms with E-state index in [0.717, 1.165) is 0 Å². The molecule has 2 rings (SSSR count). The maximum Gasteiger partial charge on any atom is 0.165 e. The van der Waals surface area contributed by atoms with Crippen LogP contribution >= 0.6 is 15.9 Å². The fourth-order valence-corrected chi connectivity index (χ4v) is 2.34. The summed E-state index contributed by atoms with van der Waals surface area (Å²) in [5.41, 5.74) is 6.80. The molecule has 0 saturated heterocycles. The standard InChI is InChI=1S/C16H16BrF2NO/c1-10(20)7-11-3-2-4-14(18)16(11)21-9-12-5-6-13(17)8-15(12)19/h2-6,8,10H,7,9,20H2,1H3. The molecule has 2 N–H and O–H groups in total. The molecule has 1 atom stereocenters. The number of hydrogen-bond donors (Lipinski definition) is 1. The van der Waals surface area contributed by atoms with E-state index in [1.807, 2.05) is 6.92 Å². The van der Waals surface area contributed by atoms with Crippen molar-refractivity contribution >= 4 is 15.9 Å². The summed E-state index contributed by atoms with van der Waals surface area (Å²) >= 11 is 3.19. The molecule has 0 spiro atoms. The van der Waals surface area contributed by atoms with Crippen LogP contribution in [0.2, 0.25) is 0 Å². The van der Waals surface area contributed by atoms with Gasteiger partial charge in [0.1, 0.15) is 12.4 Å². The molecule has 21 heavy (non-hydrogen) atoms. The van der Waals surface area contributed by atoms with Gasteiger partial charge in [-0.2, -0.15) is 0 Å². The normalized spacial score (nSPS) is 12.2. The summed E-state index contributed by atoms with van der Waals surface area (Å²) in [6, 6.07) is 9.25. The second kappa shape index (κ2) is 7.00. The van der Waals surface area contributed by atoms with Crippen LogP contribution in [0.1, 0.15) is 18.1 Å². The molecule has 0 aliphatic heterocycles. The molecule has 0 radical (unpaired) electrons. The first-order valence-electron chi connectivity index (χ1n) is 6.57. The third-order valence-corrected chi connectivity index (χ3v) is 3.47. The van der Waals surface area contributed by atoms with Gasteiger partial charge in [-0.05, 0) is 37.1 Å². The highest BCUT2D eigenvalue weighted by molar-refractivity contribution is 9.10. The minimum Gasteiger partial charge on any atom is -0.485 e. The van der Waals surface area contributed by atoms with E-state index < -0.39 is 11.6 Å². The summed E-state index contributed by atoms with van der Waals surface area (Å²) in [6.07, 6.45) is 0.496. The van der Waals surface area contributed by atoms with Crippen LogP contribution in [-0.2, 0) is 13.0 Å². The average molecular weight is 356 g/mol. The first-order valence-corrected chi connectivity index (χ1v) is 7.36. The zero-order valence-corrected chi connectivity index (χ0v) is 13.2. The molecular formula is C16H16BrF2NO. The Morgan fingerprint density at radius 3 is 2.57 bits per heavy atom. The van der Waals surface area contributed by atoms with Crippen LogP contribution in [0.4, 0.5) is 8.78 Å². The number of benzene rings is 2. The number of para-hydroxylation sites is 1. The molecule has 0 amide bonds. The zero-order valence-electron chi connectivity index (χ0n) is 11.6.